The van der Waals surface area contributed by atoms with E-state index in [1.54, 1.807) is 13.2 Å². The van der Waals surface area contributed by atoms with E-state index in [0.29, 0.717) is 12.3 Å². The molecule has 0 saturated heterocycles. The Hall–Kier alpha value is -1.68. The van der Waals surface area contributed by atoms with Crippen molar-refractivity contribution in [1.82, 2.24) is 0 Å². The van der Waals surface area contributed by atoms with Crippen molar-refractivity contribution in [2.75, 3.05) is 12.4 Å². The Bertz CT molecular complexity index is 603. The summed E-state index contributed by atoms with van der Waals surface area (Å²) in [7, 11) is 1.55. The predicted molar refractivity (Wildman–Crippen MR) is 85.6 cm³/mol. The summed E-state index contributed by atoms with van der Waals surface area (Å²) < 4.78 is 6.26. The van der Waals surface area contributed by atoms with Gasteiger partial charge in [-0.05, 0) is 54.8 Å². The molecule has 4 heteroatoms. The third-order valence-corrected chi connectivity index (χ3v) is 4.43. The Labute approximate surface area is 127 Å². The molecule has 3 nitrogen and oxygen atoms in total. The Morgan fingerprint density at radius 3 is 2.40 bits per heavy atom. The molecule has 0 atom stereocenters. The first-order valence-corrected chi connectivity index (χ1v) is 7.17. The summed E-state index contributed by atoms with van der Waals surface area (Å²) in [6.07, 6.45) is 0. The Morgan fingerprint density at radius 2 is 1.80 bits per heavy atom. The topological polar surface area (TPSA) is 41.5 Å². The molecule has 0 bridgehead atoms. The van der Waals surface area contributed by atoms with E-state index in [-0.39, 0.29) is 5.75 Å². The molecule has 0 radical (unpaired) electrons. The van der Waals surface area contributed by atoms with Crippen LogP contribution in [0.5, 0.6) is 11.5 Å². The van der Waals surface area contributed by atoms with Gasteiger partial charge in [-0.1, -0.05) is 22.0 Å². The number of aryl methyl sites for hydroxylation is 2. The number of hydrogen-bond acceptors (Lipinski definition) is 3. The molecule has 2 rings (SSSR count). The lowest BCUT2D eigenvalue weighted by molar-refractivity contribution is 0.373. The second-order valence-electron chi connectivity index (χ2n) is 4.78. The standard InChI is InChI=1S/C16H18BrNO2/c1-10-6-13(7-11(2)16(10)17)18-9-12-4-5-14(19)15(8-12)20-3/h4-8,18-19H,9H2,1-3H3. The fourth-order valence-corrected chi connectivity index (χ4v) is 2.31. The molecule has 0 spiro atoms. The lowest BCUT2D eigenvalue weighted by Crippen LogP contribution is -2.01. The Balaban J connectivity index is 2.13. The molecule has 0 aliphatic rings. The zero-order chi connectivity index (χ0) is 14.7. The van der Waals surface area contributed by atoms with Crippen LogP contribution in [0.1, 0.15) is 16.7 Å². The van der Waals surface area contributed by atoms with Crippen molar-refractivity contribution in [3.8, 4) is 11.5 Å². The van der Waals surface area contributed by atoms with Crippen LogP contribution in [0, 0.1) is 13.8 Å². The van der Waals surface area contributed by atoms with Gasteiger partial charge in [0.1, 0.15) is 0 Å². The predicted octanol–water partition coefficient (Wildman–Crippen LogP) is 4.39. The van der Waals surface area contributed by atoms with Crippen LogP contribution in [0.25, 0.3) is 0 Å². The van der Waals surface area contributed by atoms with E-state index >= 15 is 0 Å². The third kappa shape index (κ3) is 3.25. The minimum atomic E-state index is 0.159. The molecule has 0 amide bonds. The van der Waals surface area contributed by atoms with Gasteiger partial charge in [0.25, 0.3) is 0 Å². The van der Waals surface area contributed by atoms with Crippen LogP contribution >= 0.6 is 15.9 Å². The molecule has 2 aromatic carbocycles. The Morgan fingerprint density at radius 1 is 1.15 bits per heavy atom. The fraction of sp³-hybridized carbons (Fsp3) is 0.250. The number of ether oxygens (including phenoxy) is 1. The van der Waals surface area contributed by atoms with Crippen molar-refractivity contribution in [2.24, 2.45) is 0 Å². The van der Waals surface area contributed by atoms with Crippen LogP contribution in [0.15, 0.2) is 34.8 Å². The summed E-state index contributed by atoms with van der Waals surface area (Å²) in [5, 5.41) is 13.0. The summed E-state index contributed by atoms with van der Waals surface area (Å²) in [6.45, 7) is 4.83. The number of phenolic OH excluding ortho intramolecular Hbond substituents is 1. The molecule has 20 heavy (non-hydrogen) atoms. The van der Waals surface area contributed by atoms with Gasteiger partial charge in [0.15, 0.2) is 11.5 Å². The molecule has 0 aliphatic heterocycles. The van der Waals surface area contributed by atoms with Crippen molar-refractivity contribution in [3.05, 3.63) is 51.5 Å². The molecule has 2 N–H and O–H groups in total. The number of hydrogen-bond donors (Lipinski definition) is 2. The highest BCUT2D eigenvalue weighted by Crippen LogP contribution is 2.28. The lowest BCUT2D eigenvalue weighted by Gasteiger charge is -2.12. The molecule has 0 aromatic heterocycles. The van der Waals surface area contributed by atoms with Crippen LogP contribution in [0.2, 0.25) is 0 Å². The molecule has 0 saturated carbocycles. The van der Waals surface area contributed by atoms with Crippen LogP contribution in [-0.4, -0.2) is 12.2 Å². The summed E-state index contributed by atoms with van der Waals surface area (Å²) in [4.78, 5) is 0. The summed E-state index contributed by atoms with van der Waals surface area (Å²) in [5.41, 5.74) is 4.54. The van der Waals surface area contributed by atoms with Gasteiger partial charge in [-0.2, -0.15) is 0 Å². The monoisotopic (exact) mass is 335 g/mol. The van der Waals surface area contributed by atoms with Crippen molar-refractivity contribution < 1.29 is 9.84 Å². The molecular formula is C16H18BrNO2. The first kappa shape index (κ1) is 14.7. The smallest absolute Gasteiger partial charge is 0.160 e. The first-order valence-electron chi connectivity index (χ1n) is 6.37. The zero-order valence-electron chi connectivity index (χ0n) is 11.8. The van der Waals surface area contributed by atoms with Gasteiger partial charge in [0, 0.05) is 16.7 Å². The number of aromatic hydroxyl groups is 1. The number of nitrogens with one attached hydrogen (secondary N) is 1. The molecule has 0 heterocycles. The zero-order valence-corrected chi connectivity index (χ0v) is 13.4. The maximum atomic E-state index is 9.57. The number of rotatable bonds is 4. The van der Waals surface area contributed by atoms with E-state index in [0.717, 1.165) is 15.7 Å². The quantitative estimate of drug-likeness (QED) is 0.870. The second-order valence-corrected chi connectivity index (χ2v) is 5.58. The highest BCUT2D eigenvalue weighted by atomic mass is 79.9. The van der Waals surface area contributed by atoms with Crippen molar-refractivity contribution >= 4 is 21.6 Å². The highest BCUT2D eigenvalue weighted by molar-refractivity contribution is 9.10. The third-order valence-electron chi connectivity index (χ3n) is 3.18. The second kappa shape index (κ2) is 6.18. The van der Waals surface area contributed by atoms with E-state index < -0.39 is 0 Å². The van der Waals surface area contributed by atoms with E-state index in [9.17, 15) is 5.11 Å². The van der Waals surface area contributed by atoms with Crippen LogP contribution in [0.3, 0.4) is 0 Å². The lowest BCUT2D eigenvalue weighted by atomic mass is 10.1. The molecule has 0 unspecified atom stereocenters. The normalized spacial score (nSPS) is 10.4. The molecule has 106 valence electrons. The van der Waals surface area contributed by atoms with Crippen LogP contribution in [-0.2, 0) is 6.54 Å². The van der Waals surface area contributed by atoms with E-state index in [4.69, 9.17) is 4.74 Å². The van der Waals surface area contributed by atoms with Gasteiger partial charge < -0.3 is 15.2 Å². The van der Waals surface area contributed by atoms with Gasteiger partial charge in [0.05, 0.1) is 7.11 Å². The van der Waals surface area contributed by atoms with Gasteiger partial charge in [-0.3, -0.25) is 0 Å². The van der Waals surface area contributed by atoms with Crippen molar-refractivity contribution in [3.63, 3.8) is 0 Å². The van der Waals surface area contributed by atoms with Gasteiger partial charge in [-0.15, -0.1) is 0 Å². The largest absolute Gasteiger partial charge is 0.504 e. The summed E-state index contributed by atoms with van der Waals surface area (Å²) in [5.74, 6) is 0.652. The minimum absolute atomic E-state index is 0.159. The van der Waals surface area contributed by atoms with E-state index in [2.05, 4.69) is 47.2 Å². The number of methoxy groups -OCH3 is 1. The van der Waals surface area contributed by atoms with Gasteiger partial charge in [-0.25, -0.2) is 0 Å². The highest BCUT2D eigenvalue weighted by Gasteiger charge is 2.04. The molecule has 0 aliphatic carbocycles. The number of anilines is 1. The van der Waals surface area contributed by atoms with Crippen molar-refractivity contribution in [2.45, 2.75) is 20.4 Å². The Kier molecular flexibility index (Phi) is 4.55. The van der Waals surface area contributed by atoms with Crippen LogP contribution < -0.4 is 10.1 Å². The molecule has 0 fully saturated rings. The molecule has 2 aromatic rings. The molecular weight excluding hydrogens is 318 g/mol. The minimum Gasteiger partial charge on any atom is -0.504 e. The first-order chi connectivity index (χ1) is 9.51. The number of phenols is 1. The van der Waals surface area contributed by atoms with Crippen LogP contribution in [0.4, 0.5) is 5.69 Å². The number of halogens is 1. The maximum absolute atomic E-state index is 9.57. The average molecular weight is 336 g/mol. The summed E-state index contributed by atoms with van der Waals surface area (Å²) in [6, 6.07) is 9.57. The average Bonchev–Trinajstić information content (AvgIpc) is 2.43. The fourth-order valence-electron chi connectivity index (χ4n) is 2.08. The van der Waals surface area contributed by atoms with E-state index in [1.165, 1.54) is 11.1 Å². The SMILES string of the molecule is COc1cc(CNc2cc(C)c(Br)c(C)c2)ccc1O. The van der Waals surface area contributed by atoms with Gasteiger partial charge >= 0.3 is 0 Å². The van der Waals surface area contributed by atoms with Gasteiger partial charge in [0.2, 0.25) is 0 Å². The van der Waals surface area contributed by atoms with E-state index in [1.807, 2.05) is 12.1 Å². The van der Waals surface area contributed by atoms with Crippen molar-refractivity contribution in [1.29, 1.82) is 0 Å². The number of benzene rings is 2. The maximum Gasteiger partial charge on any atom is 0.160 e. The summed E-state index contributed by atoms with van der Waals surface area (Å²) >= 11 is 3.56.